The average Bonchev–Trinajstić information content (AvgIpc) is 2.89. The summed E-state index contributed by atoms with van der Waals surface area (Å²) in [6, 6.07) is 6.56. The molecule has 20 heavy (non-hydrogen) atoms. The lowest BCUT2D eigenvalue weighted by molar-refractivity contribution is -0.123. The minimum atomic E-state index is -0.137. The summed E-state index contributed by atoms with van der Waals surface area (Å²) in [6.07, 6.45) is 2.93. The van der Waals surface area contributed by atoms with Crippen LogP contribution in [0.25, 0.3) is 0 Å². The van der Waals surface area contributed by atoms with Crippen LogP contribution in [0.15, 0.2) is 18.2 Å². The van der Waals surface area contributed by atoms with Gasteiger partial charge in [0.25, 0.3) is 0 Å². The number of hydrogen-bond acceptors (Lipinski definition) is 3. The van der Waals surface area contributed by atoms with E-state index in [2.05, 4.69) is 28.4 Å². The van der Waals surface area contributed by atoms with Gasteiger partial charge in [-0.15, -0.1) is 12.4 Å². The number of fused-ring (bicyclic) bond motifs is 1. The summed E-state index contributed by atoms with van der Waals surface area (Å²) in [5.41, 5.74) is 9.52. The third-order valence-corrected chi connectivity index (χ3v) is 4.32. The van der Waals surface area contributed by atoms with Gasteiger partial charge in [0.1, 0.15) is 0 Å². The molecule has 0 atom stereocenters. The molecular weight excluding hydrogens is 274 g/mol. The van der Waals surface area contributed by atoms with Crippen molar-refractivity contribution in [1.82, 2.24) is 4.90 Å². The maximum absolute atomic E-state index is 11.2. The molecule has 0 bridgehead atoms. The minimum absolute atomic E-state index is 0. The molecule has 0 aromatic heterocycles. The molecule has 3 rings (SSSR count). The maximum atomic E-state index is 11.2. The highest BCUT2D eigenvalue weighted by molar-refractivity contribution is 5.85. The van der Waals surface area contributed by atoms with Crippen LogP contribution >= 0.6 is 12.4 Å². The number of benzene rings is 1. The zero-order valence-corrected chi connectivity index (χ0v) is 12.4. The van der Waals surface area contributed by atoms with Gasteiger partial charge in [0.05, 0.1) is 0 Å². The molecule has 4 nitrogen and oxygen atoms in total. The summed E-state index contributed by atoms with van der Waals surface area (Å²) in [7, 11) is 0. The fraction of sp³-hybridized carbons (Fsp3) is 0.533. The second-order valence-corrected chi connectivity index (χ2v) is 5.58. The van der Waals surface area contributed by atoms with Crippen LogP contribution in [-0.2, 0) is 17.8 Å². The highest BCUT2D eigenvalue weighted by Gasteiger charge is 2.24. The Morgan fingerprint density at radius 2 is 2.10 bits per heavy atom. The van der Waals surface area contributed by atoms with Crippen LogP contribution in [0.5, 0.6) is 0 Å². The molecule has 3 N–H and O–H groups in total. The number of rotatable bonds is 3. The van der Waals surface area contributed by atoms with Crippen LogP contribution in [-0.4, -0.2) is 30.4 Å². The van der Waals surface area contributed by atoms with Crippen molar-refractivity contribution in [2.75, 3.05) is 25.0 Å². The summed E-state index contributed by atoms with van der Waals surface area (Å²) in [5, 5.41) is 3.48. The molecule has 1 amide bonds. The maximum Gasteiger partial charge on any atom is 0.220 e. The molecule has 2 heterocycles. The van der Waals surface area contributed by atoms with Crippen LogP contribution in [0.3, 0.4) is 0 Å². The lowest BCUT2D eigenvalue weighted by Gasteiger charge is -2.30. The Morgan fingerprint density at radius 3 is 2.80 bits per heavy atom. The molecule has 1 saturated heterocycles. The number of para-hydroxylation sites is 1. The molecule has 0 aliphatic carbocycles. The second kappa shape index (κ2) is 6.46. The monoisotopic (exact) mass is 295 g/mol. The van der Waals surface area contributed by atoms with Crippen molar-refractivity contribution in [3.8, 4) is 0 Å². The number of likely N-dealkylation sites (tertiary alicyclic amines) is 1. The number of nitrogens with zero attached hydrogens (tertiary/aromatic N) is 1. The van der Waals surface area contributed by atoms with E-state index in [1.807, 2.05) is 0 Å². The minimum Gasteiger partial charge on any atom is -0.384 e. The first-order chi connectivity index (χ1) is 9.24. The lowest BCUT2D eigenvalue weighted by atomic mass is 9.96. The zero-order chi connectivity index (χ0) is 13.2. The van der Waals surface area contributed by atoms with Crippen molar-refractivity contribution in [3.05, 3.63) is 29.3 Å². The van der Waals surface area contributed by atoms with Gasteiger partial charge in [0.2, 0.25) is 5.91 Å². The largest absolute Gasteiger partial charge is 0.384 e. The SMILES string of the molecule is Cl.NC(=O)C1CCN(Cc2cccc3c2NCC3)CC1. The van der Waals surface area contributed by atoms with Crippen LogP contribution in [0, 0.1) is 5.92 Å². The summed E-state index contributed by atoms with van der Waals surface area (Å²) >= 11 is 0. The van der Waals surface area contributed by atoms with Gasteiger partial charge in [-0.3, -0.25) is 9.69 Å². The third kappa shape index (κ3) is 3.07. The molecule has 0 unspecified atom stereocenters. The van der Waals surface area contributed by atoms with Gasteiger partial charge in [0, 0.05) is 24.7 Å². The Bertz CT molecular complexity index is 484. The van der Waals surface area contributed by atoms with Crippen molar-refractivity contribution >= 4 is 24.0 Å². The molecule has 0 spiro atoms. The van der Waals surface area contributed by atoms with E-state index >= 15 is 0 Å². The Labute approximate surface area is 126 Å². The van der Waals surface area contributed by atoms with Crippen LogP contribution in [0.1, 0.15) is 24.0 Å². The molecule has 1 fully saturated rings. The molecule has 2 aliphatic rings. The quantitative estimate of drug-likeness (QED) is 0.893. The normalized spacial score (nSPS) is 19.0. The Morgan fingerprint density at radius 1 is 1.35 bits per heavy atom. The van der Waals surface area contributed by atoms with E-state index in [-0.39, 0.29) is 24.2 Å². The van der Waals surface area contributed by atoms with Gasteiger partial charge in [-0.05, 0) is 43.5 Å². The topological polar surface area (TPSA) is 58.4 Å². The van der Waals surface area contributed by atoms with Crippen molar-refractivity contribution in [3.63, 3.8) is 0 Å². The number of carbonyl (C=O) groups is 1. The number of hydrogen-bond donors (Lipinski definition) is 2. The number of piperidine rings is 1. The average molecular weight is 296 g/mol. The summed E-state index contributed by atoms with van der Waals surface area (Å²) < 4.78 is 0. The predicted molar refractivity (Wildman–Crippen MR) is 83.1 cm³/mol. The number of anilines is 1. The van der Waals surface area contributed by atoms with Gasteiger partial charge < -0.3 is 11.1 Å². The smallest absolute Gasteiger partial charge is 0.220 e. The van der Waals surface area contributed by atoms with Crippen LogP contribution in [0.4, 0.5) is 5.69 Å². The molecule has 0 saturated carbocycles. The summed E-state index contributed by atoms with van der Waals surface area (Å²) in [6.45, 7) is 3.96. The Balaban J connectivity index is 0.00000147. The predicted octanol–water partition coefficient (Wildman–Crippen LogP) is 1.77. The number of nitrogens with two attached hydrogens (primary N) is 1. The van der Waals surface area contributed by atoms with Crippen LogP contribution in [0.2, 0.25) is 0 Å². The number of amides is 1. The van der Waals surface area contributed by atoms with E-state index in [1.54, 1.807) is 0 Å². The fourth-order valence-electron chi connectivity index (χ4n) is 3.16. The van der Waals surface area contributed by atoms with E-state index in [0.717, 1.165) is 45.4 Å². The van der Waals surface area contributed by atoms with E-state index < -0.39 is 0 Å². The van der Waals surface area contributed by atoms with E-state index in [1.165, 1.54) is 16.8 Å². The standard InChI is InChI=1S/C15H21N3O.ClH/c16-15(19)12-5-8-18(9-6-12)10-13-3-1-2-11-4-7-17-14(11)13;/h1-3,12,17H,4-10H2,(H2,16,19);1H. The van der Waals surface area contributed by atoms with Crippen molar-refractivity contribution in [2.24, 2.45) is 11.7 Å². The van der Waals surface area contributed by atoms with E-state index in [4.69, 9.17) is 5.73 Å². The number of nitrogens with one attached hydrogen (secondary N) is 1. The lowest BCUT2D eigenvalue weighted by Crippen LogP contribution is -2.38. The Hall–Kier alpha value is -1.26. The number of halogens is 1. The molecule has 5 heteroatoms. The van der Waals surface area contributed by atoms with Gasteiger partial charge in [-0.2, -0.15) is 0 Å². The zero-order valence-electron chi connectivity index (χ0n) is 11.6. The number of carbonyl (C=O) groups excluding carboxylic acids is 1. The summed E-state index contributed by atoms with van der Waals surface area (Å²) in [4.78, 5) is 13.6. The highest BCUT2D eigenvalue weighted by atomic mass is 35.5. The fourth-order valence-corrected chi connectivity index (χ4v) is 3.16. The summed E-state index contributed by atoms with van der Waals surface area (Å²) in [5.74, 6) is -0.0576. The first kappa shape index (κ1) is 15.1. The van der Waals surface area contributed by atoms with Crippen molar-refractivity contribution in [1.29, 1.82) is 0 Å². The molecule has 0 radical (unpaired) electrons. The molecule has 1 aromatic rings. The molecule has 2 aliphatic heterocycles. The Kier molecular flexibility index (Phi) is 4.89. The van der Waals surface area contributed by atoms with Gasteiger partial charge in [0.15, 0.2) is 0 Å². The first-order valence-corrected chi connectivity index (χ1v) is 7.10. The second-order valence-electron chi connectivity index (χ2n) is 5.58. The molecular formula is C15H22ClN3O. The molecule has 110 valence electrons. The third-order valence-electron chi connectivity index (χ3n) is 4.32. The first-order valence-electron chi connectivity index (χ1n) is 7.10. The molecule has 1 aromatic carbocycles. The van der Waals surface area contributed by atoms with Gasteiger partial charge in [-0.25, -0.2) is 0 Å². The van der Waals surface area contributed by atoms with Gasteiger partial charge in [-0.1, -0.05) is 18.2 Å². The highest BCUT2D eigenvalue weighted by Crippen LogP contribution is 2.28. The van der Waals surface area contributed by atoms with Crippen LogP contribution < -0.4 is 11.1 Å². The van der Waals surface area contributed by atoms with E-state index in [9.17, 15) is 4.79 Å². The van der Waals surface area contributed by atoms with Crippen molar-refractivity contribution in [2.45, 2.75) is 25.8 Å². The van der Waals surface area contributed by atoms with Crippen molar-refractivity contribution < 1.29 is 4.79 Å². The van der Waals surface area contributed by atoms with E-state index in [0.29, 0.717) is 0 Å². The van der Waals surface area contributed by atoms with Gasteiger partial charge >= 0.3 is 0 Å². The number of primary amides is 1.